The summed E-state index contributed by atoms with van der Waals surface area (Å²) in [5, 5.41) is 16.4. The Morgan fingerprint density at radius 2 is 2.05 bits per heavy atom. The second kappa shape index (κ2) is 5.81. The fourth-order valence-corrected chi connectivity index (χ4v) is 2.73. The van der Waals surface area contributed by atoms with Gasteiger partial charge in [-0.1, -0.05) is 23.7 Å². The fraction of sp³-hybridized carbons (Fsp3) is 0.267. The van der Waals surface area contributed by atoms with Crippen molar-refractivity contribution in [2.45, 2.75) is 6.42 Å². The summed E-state index contributed by atoms with van der Waals surface area (Å²) >= 11 is 5.87. The summed E-state index contributed by atoms with van der Waals surface area (Å²) in [6.45, 7) is 0.681. The van der Waals surface area contributed by atoms with Crippen LogP contribution in [-0.4, -0.2) is 45.2 Å². The second-order valence-electron chi connectivity index (χ2n) is 5.24. The number of aliphatic carboxylic acids is 1. The van der Waals surface area contributed by atoms with Gasteiger partial charge in [0, 0.05) is 23.7 Å². The van der Waals surface area contributed by atoms with Gasteiger partial charge < -0.3 is 10.0 Å². The van der Waals surface area contributed by atoms with Gasteiger partial charge in [0.2, 0.25) is 0 Å². The molecule has 0 spiro atoms. The van der Waals surface area contributed by atoms with Crippen LogP contribution >= 0.6 is 11.6 Å². The third kappa shape index (κ3) is 2.69. The van der Waals surface area contributed by atoms with E-state index in [2.05, 4.69) is 10.2 Å². The highest BCUT2D eigenvalue weighted by atomic mass is 35.5. The van der Waals surface area contributed by atoms with Crippen molar-refractivity contribution < 1.29 is 14.7 Å². The third-order valence-electron chi connectivity index (χ3n) is 3.83. The quantitative estimate of drug-likeness (QED) is 0.908. The van der Waals surface area contributed by atoms with Crippen LogP contribution < -0.4 is 0 Å². The average molecular weight is 320 g/mol. The first-order valence-electron chi connectivity index (χ1n) is 6.87. The maximum Gasteiger partial charge on any atom is 0.308 e. The lowest BCUT2D eigenvalue weighted by Crippen LogP contribution is -2.30. The number of aromatic nitrogens is 2. The minimum Gasteiger partial charge on any atom is -0.481 e. The van der Waals surface area contributed by atoms with Crippen molar-refractivity contribution in [2.75, 3.05) is 13.1 Å². The molecule has 3 rings (SSSR count). The van der Waals surface area contributed by atoms with E-state index in [1.807, 2.05) is 0 Å². The van der Waals surface area contributed by atoms with Gasteiger partial charge in [-0.15, -0.1) is 0 Å². The predicted molar refractivity (Wildman–Crippen MR) is 80.7 cm³/mol. The van der Waals surface area contributed by atoms with Crippen LogP contribution in [0.3, 0.4) is 0 Å². The highest BCUT2D eigenvalue weighted by Crippen LogP contribution is 2.26. The van der Waals surface area contributed by atoms with E-state index in [1.54, 1.807) is 29.2 Å². The number of aromatic amines is 1. The van der Waals surface area contributed by atoms with E-state index < -0.39 is 11.9 Å². The van der Waals surface area contributed by atoms with Crippen LogP contribution in [-0.2, 0) is 4.79 Å². The first-order valence-corrected chi connectivity index (χ1v) is 7.25. The Labute approximate surface area is 131 Å². The molecule has 0 radical (unpaired) electrons. The Balaban J connectivity index is 1.84. The summed E-state index contributed by atoms with van der Waals surface area (Å²) < 4.78 is 0. The van der Waals surface area contributed by atoms with Crippen molar-refractivity contribution >= 4 is 23.5 Å². The van der Waals surface area contributed by atoms with Gasteiger partial charge in [-0.3, -0.25) is 14.7 Å². The molecule has 6 nitrogen and oxygen atoms in total. The maximum atomic E-state index is 12.6. The Morgan fingerprint density at radius 1 is 1.32 bits per heavy atom. The number of amides is 1. The fourth-order valence-electron chi connectivity index (χ4n) is 2.60. The van der Waals surface area contributed by atoms with Gasteiger partial charge in [0.05, 0.1) is 23.4 Å². The van der Waals surface area contributed by atoms with Crippen molar-refractivity contribution in [3.63, 3.8) is 0 Å². The number of carboxylic acids is 1. The molecule has 7 heteroatoms. The van der Waals surface area contributed by atoms with Crippen molar-refractivity contribution in [1.29, 1.82) is 0 Å². The molecule has 2 aromatic rings. The van der Waals surface area contributed by atoms with Crippen molar-refractivity contribution in [2.24, 2.45) is 5.92 Å². The number of hydrogen-bond acceptors (Lipinski definition) is 3. The van der Waals surface area contributed by atoms with E-state index in [0.717, 1.165) is 5.56 Å². The Kier molecular flexibility index (Phi) is 3.85. The van der Waals surface area contributed by atoms with Crippen molar-refractivity contribution in [1.82, 2.24) is 15.1 Å². The zero-order valence-corrected chi connectivity index (χ0v) is 12.4. The first kappa shape index (κ1) is 14.6. The molecule has 1 unspecified atom stereocenters. The molecule has 0 bridgehead atoms. The number of likely N-dealkylation sites (tertiary alicyclic amines) is 1. The normalized spacial score (nSPS) is 17.7. The number of nitrogens with one attached hydrogen (secondary N) is 1. The third-order valence-corrected chi connectivity index (χ3v) is 4.08. The van der Waals surface area contributed by atoms with Gasteiger partial charge in [0.25, 0.3) is 5.91 Å². The molecule has 1 aliphatic heterocycles. The molecule has 0 aliphatic carbocycles. The molecule has 1 atom stereocenters. The summed E-state index contributed by atoms with van der Waals surface area (Å²) in [6, 6.07) is 7.08. The lowest BCUT2D eigenvalue weighted by Gasteiger charge is -2.15. The van der Waals surface area contributed by atoms with E-state index in [-0.39, 0.29) is 12.5 Å². The smallest absolute Gasteiger partial charge is 0.308 e. The topological polar surface area (TPSA) is 86.3 Å². The van der Waals surface area contributed by atoms with Crippen LogP contribution in [0.5, 0.6) is 0 Å². The molecule has 1 fully saturated rings. The molecular weight excluding hydrogens is 306 g/mol. The van der Waals surface area contributed by atoms with E-state index in [4.69, 9.17) is 16.7 Å². The number of hydrogen-bond donors (Lipinski definition) is 2. The zero-order chi connectivity index (χ0) is 15.7. The number of rotatable bonds is 3. The van der Waals surface area contributed by atoms with Crippen LogP contribution in [0.4, 0.5) is 0 Å². The number of carbonyl (C=O) groups is 2. The van der Waals surface area contributed by atoms with Gasteiger partial charge in [0.1, 0.15) is 0 Å². The van der Waals surface area contributed by atoms with E-state index >= 15 is 0 Å². The van der Waals surface area contributed by atoms with Gasteiger partial charge in [-0.2, -0.15) is 5.10 Å². The minimum atomic E-state index is -0.861. The lowest BCUT2D eigenvalue weighted by atomic mass is 10.1. The second-order valence-corrected chi connectivity index (χ2v) is 5.68. The largest absolute Gasteiger partial charge is 0.481 e. The molecule has 22 heavy (non-hydrogen) atoms. The Morgan fingerprint density at radius 3 is 2.68 bits per heavy atom. The van der Waals surface area contributed by atoms with Gasteiger partial charge >= 0.3 is 5.97 Å². The number of H-pyrrole nitrogens is 1. The SMILES string of the molecule is O=C(O)C1CCN(C(=O)c2cn[nH]c2-c2ccc(Cl)cc2)C1. The van der Waals surface area contributed by atoms with E-state index in [9.17, 15) is 9.59 Å². The molecule has 1 saturated heterocycles. The summed E-state index contributed by atoms with van der Waals surface area (Å²) in [5.41, 5.74) is 1.85. The van der Waals surface area contributed by atoms with Crippen LogP contribution in [0.1, 0.15) is 16.8 Å². The molecule has 0 saturated carbocycles. The summed E-state index contributed by atoms with van der Waals surface area (Å²) in [7, 11) is 0. The molecule has 1 aromatic heterocycles. The van der Waals surface area contributed by atoms with Crippen molar-refractivity contribution in [3.05, 3.63) is 41.0 Å². The first-order chi connectivity index (χ1) is 10.6. The monoisotopic (exact) mass is 319 g/mol. The standard InChI is InChI=1S/C15H14ClN3O3/c16-11-3-1-9(2-4-11)13-12(7-17-18-13)14(20)19-6-5-10(8-19)15(21)22/h1-4,7,10H,5-6,8H2,(H,17,18)(H,21,22). The molecule has 1 aromatic carbocycles. The molecular formula is C15H14ClN3O3. The van der Waals surface area contributed by atoms with Crippen LogP contribution in [0.2, 0.25) is 5.02 Å². The highest BCUT2D eigenvalue weighted by Gasteiger charge is 2.32. The Bertz CT molecular complexity index is 711. The maximum absolute atomic E-state index is 12.6. The van der Waals surface area contributed by atoms with E-state index in [0.29, 0.717) is 29.2 Å². The van der Waals surface area contributed by atoms with E-state index in [1.165, 1.54) is 6.20 Å². The van der Waals surface area contributed by atoms with Crippen LogP contribution in [0.15, 0.2) is 30.5 Å². The zero-order valence-electron chi connectivity index (χ0n) is 11.6. The predicted octanol–water partition coefficient (Wildman–Crippen LogP) is 2.28. The number of carboxylic acid groups (broad SMARTS) is 1. The number of halogens is 1. The number of benzene rings is 1. The molecule has 2 N–H and O–H groups in total. The summed E-state index contributed by atoms with van der Waals surface area (Å²) in [5.74, 6) is -1.56. The lowest BCUT2D eigenvalue weighted by molar-refractivity contribution is -0.141. The van der Waals surface area contributed by atoms with Gasteiger partial charge in [-0.05, 0) is 18.6 Å². The average Bonchev–Trinajstić information content (AvgIpc) is 3.17. The number of carbonyl (C=O) groups excluding carboxylic acids is 1. The van der Waals surface area contributed by atoms with Crippen molar-refractivity contribution in [3.8, 4) is 11.3 Å². The molecule has 1 aliphatic rings. The molecule has 1 amide bonds. The van der Waals surface area contributed by atoms with Gasteiger partial charge in [0.15, 0.2) is 0 Å². The minimum absolute atomic E-state index is 0.206. The van der Waals surface area contributed by atoms with Gasteiger partial charge in [-0.25, -0.2) is 0 Å². The highest BCUT2D eigenvalue weighted by molar-refractivity contribution is 6.30. The van der Waals surface area contributed by atoms with Crippen LogP contribution in [0, 0.1) is 5.92 Å². The molecule has 2 heterocycles. The Hall–Kier alpha value is -2.34. The van der Waals surface area contributed by atoms with Crippen LogP contribution in [0.25, 0.3) is 11.3 Å². The summed E-state index contributed by atoms with van der Waals surface area (Å²) in [4.78, 5) is 25.2. The number of nitrogens with zero attached hydrogens (tertiary/aromatic N) is 2. The summed E-state index contributed by atoms with van der Waals surface area (Å²) in [6.07, 6.45) is 1.95. The molecule has 114 valence electrons.